The summed E-state index contributed by atoms with van der Waals surface area (Å²) in [7, 11) is -3.76. The van der Waals surface area contributed by atoms with Gasteiger partial charge in [-0.3, -0.25) is 9.78 Å². The second-order valence-electron chi connectivity index (χ2n) is 3.75. The molecular formula is C11H9ClN4O3S. The Bertz CT molecular complexity index is 747. The van der Waals surface area contributed by atoms with Crippen LogP contribution in [0.3, 0.4) is 0 Å². The topological polar surface area (TPSA) is 115 Å². The molecule has 3 N–H and O–H groups in total. The van der Waals surface area contributed by atoms with E-state index in [0.29, 0.717) is 5.69 Å². The highest BCUT2D eigenvalue weighted by atomic mass is 35.5. The van der Waals surface area contributed by atoms with Gasteiger partial charge in [0.15, 0.2) is 0 Å². The number of amides is 1. The van der Waals surface area contributed by atoms with Crippen molar-refractivity contribution in [1.29, 1.82) is 0 Å². The molecule has 0 spiro atoms. The predicted molar refractivity (Wildman–Crippen MR) is 72.8 cm³/mol. The molecular weight excluding hydrogens is 304 g/mol. The Morgan fingerprint density at radius 2 is 1.85 bits per heavy atom. The fraction of sp³-hybridized carbons (Fsp3) is 0. The van der Waals surface area contributed by atoms with E-state index in [4.69, 9.17) is 16.7 Å². The fourth-order valence-corrected chi connectivity index (χ4v) is 2.04. The normalized spacial score (nSPS) is 11.1. The molecule has 0 saturated heterocycles. The number of benzene rings is 1. The first-order chi connectivity index (χ1) is 9.36. The maximum atomic E-state index is 11.8. The largest absolute Gasteiger partial charge is 0.321 e. The Kier molecular flexibility index (Phi) is 3.98. The van der Waals surface area contributed by atoms with Crippen LogP contribution >= 0.6 is 11.6 Å². The van der Waals surface area contributed by atoms with Crippen molar-refractivity contribution in [2.45, 2.75) is 4.90 Å². The molecule has 0 saturated carbocycles. The number of anilines is 1. The third kappa shape index (κ3) is 3.50. The van der Waals surface area contributed by atoms with Crippen LogP contribution in [0.1, 0.15) is 10.5 Å². The molecule has 0 radical (unpaired) electrons. The van der Waals surface area contributed by atoms with E-state index in [2.05, 4.69) is 15.3 Å². The van der Waals surface area contributed by atoms with E-state index in [1.54, 1.807) is 0 Å². The fourth-order valence-electron chi connectivity index (χ4n) is 1.37. The number of nitrogens with one attached hydrogen (secondary N) is 1. The summed E-state index contributed by atoms with van der Waals surface area (Å²) >= 11 is 5.63. The van der Waals surface area contributed by atoms with Crippen LogP contribution in [-0.4, -0.2) is 24.3 Å². The first-order valence-electron chi connectivity index (χ1n) is 5.28. The van der Waals surface area contributed by atoms with Crippen LogP contribution in [0.4, 0.5) is 5.69 Å². The molecule has 2 aromatic rings. The summed E-state index contributed by atoms with van der Waals surface area (Å²) in [6, 6.07) is 5.40. The molecule has 1 aromatic heterocycles. The Balaban J connectivity index is 2.16. The predicted octanol–water partition coefficient (Wildman–Crippen LogP) is 1.03. The van der Waals surface area contributed by atoms with Crippen molar-refractivity contribution in [2.24, 2.45) is 5.14 Å². The molecule has 0 unspecified atom stereocenters. The summed E-state index contributed by atoms with van der Waals surface area (Å²) < 4.78 is 22.2. The SMILES string of the molecule is NS(=O)(=O)c1ccc(NC(=O)c2cncc(Cl)n2)cc1. The lowest BCUT2D eigenvalue weighted by atomic mass is 10.3. The molecule has 20 heavy (non-hydrogen) atoms. The van der Waals surface area contributed by atoms with Crippen molar-refractivity contribution >= 4 is 33.2 Å². The molecule has 0 aliphatic carbocycles. The van der Waals surface area contributed by atoms with Gasteiger partial charge in [0.1, 0.15) is 10.8 Å². The summed E-state index contributed by atoms with van der Waals surface area (Å²) in [5.41, 5.74) is 0.442. The van der Waals surface area contributed by atoms with E-state index in [0.717, 1.165) is 0 Å². The smallest absolute Gasteiger partial charge is 0.275 e. The third-order valence-corrected chi connectivity index (χ3v) is 3.39. The third-order valence-electron chi connectivity index (χ3n) is 2.28. The number of nitrogens with two attached hydrogens (primary N) is 1. The van der Waals surface area contributed by atoms with Crippen LogP contribution in [0.25, 0.3) is 0 Å². The zero-order valence-corrected chi connectivity index (χ0v) is 11.5. The molecule has 0 atom stereocenters. The zero-order chi connectivity index (χ0) is 14.8. The molecule has 1 aromatic carbocycles. The van der Waals surface area contributed by atoms with Crippen molar-refractivity contribution in [3.8, 4) is 0 Å². The van der Waals surface area contributed by atoms with Gasteiger partial charge < -0.3 is 5.32 Å². The first kappa shape index (κ1) is 14.4. The van der Waals surface area contributed by atoms with Crippen LogP contribution in [0.15, 0.2) is 41.6 Å². The molecule has 7 nitrogen and oxygen atoms in total. The second-order valence-corrected chi connectivity index (χ2v) is 5.70. The number of nitrogens with zero attached hydrogens (tertiary/aromatic N) is 2. The van der Waals surface area contributed by atoms with Gasteiger partial charge in [0.2, 0.25) is 10.0 Å². The van der Waals surface area contributed by atoms with E-state index in [9.17, 15) is 13.2 Å². The van der Waals surface area contributed by atoms with Gasteiger partial charge in [0.25, 0.3) is 5.91 Å². The van der Waals surface area contributed by atoms with E-state index in [1.165, 1.54) is 36.7 Å². The molecule has 9 heteroatoms. The number of sulfonamides is 1. The lowest BCUT2D eigenvalue weighted by Gasteiger charge is -2.05. The Morgan fingerprint density at radius 3 is 2.40 bits per heavy atom. The average Bonchev–Trinajstić information content (AvgIpc) is 2.38. The van der Waals surface area contributed by atoms with Gasteiger partial charge in [0.05, 0.1) is 17.3 Å². The molecule has 0 bridgehead atoms. The number of carbonyl (C=O) groups excluding carboxylic acids is 1. The molecule has 1 amide bonds. The summed E-state index contributed by atoms with van der Waals surface area (Å²) in [5.74, 6) is -0.511. The number of hydrogen-bond acceptors (Lipinski definition) is 5. The van der Waals surface area contributed by atoms with E-state index < -0.39 is 15.9 Å². The van der Waals surface area contributed by atoms with Crippen LogP contribution in [-0.2, 0) is 10.0 Å². The van der Waals surface area contributed by atoms with E-state index in [-0.39, 0.29) is 15.7 Å². The Hall–Kier alpha value is -2.03. The number of carbonyl (C=O) groups is 1. The van der Waals surface area contributed by atoms with Crippen molar-refractivity contribution in [3.05, 3.63) is 47.5 Å². The van der Waals surface area contributed by atoms with Crippen LogP contribution in [0.5, 0.6) is 0 Å². The number of aromatic nitrogens is 2. The average molecular weight is 313 g/mol. The van der Waals surface area contributed by atoms with Gasteiger partial charge in [-0.2, -0.15) is 0 Å². The molecule has 0 fully saturated rings. The van der Waals surface area contributed by atoms with Crippen molar-refractivity contribution in [3.63, 3.8) is 0 Å². The maximum Gasteiger partial charge on any atom is 0.275 e. The monoisotopic (exact) mass is 312 g/mol. The standard InChI is InChI=1S/C11H9ClN4O3S/c12-10-6-14-5-9(16-10)11(17)15-7-1-3-8(4-2-7)20(13,18)19/h1-6H,(H,15,17)(H2,13,18,19). The Labute approximate surface area is 119 Å². The van der Waals surface area contributed by atoms with Gasteiger partial charge >= 0.3 is 0 Å². The lowest BCUT2D eigenvalue weighted by molar-refractivity contribution is 0.102. The van der Waals surface area contributed by atoms with Gasteiger partial charge in [-0.25, -0.2) is 18.5 Å². The van der Waals surface area contributed by atoms with Gasteiger partial charge in [-0.15, -0.1) is 0 Å². The molecule has 1 heterocycles. The minimum absolute atomic E-state index is 0.0435. The van der Waals surface area contributed by atoms with E-state index >= 15 is 0 Å². The van der Waals surface area contributed by atoms with Crippen LogP contribution < -0.4 is 10.5 Å². The van der Waals surface area contributed by atoms with Crippen molar-refractivity contribution < 1.29 is 13.2 Å². The number of primary sulfonamides is 1. The summed E-state index contributed by atoms with van der Waals surface area (Å²) in [6.45, 7) is 0. The van der Waals surface area contributed by atoms with E-state index in [1.807, 2.05) is 0 Å². The minimum Gasteiger partial charge on any atom is -0.321 e. The molecule has 0 aliphatic rings. The van der Waals surface area contributed by atoms with Gasteiger partial charge in [-0.05, 0) is 24.3 Å². The minimum atomic E-state index is -3.76. The summed E-state index contributed by atoms with van der Waals surface area (Å²) in [5, 5.41) is 7.60. The van der Waals surface area contributed by atoms with Gasteiger partial charge in [0, 0.05) is 5.69 Å². The second kappa shape index (κ2) is 5.53. The molecule has 2 rings (SSSR count). The quantitative estimate of drug-likeness (QED) is 0.878. The highest BCUT2D eigenvalue weighted by molar-refractivity contribution is 7.89. The molecule has 104 valence electrons. The highest BCUT2D eigenvalue weighted by Gasteiger charge is 2.10. The number of rotatable bonds is 3. The van der Waals surface area contributed by atoms with Crippen LogP contribution in [0, 0.1) is 0 Å². The van der Waals surface area contributed by atoms with Crippen molar-refractivity contribution in [2.75, 3.05) is 5.32 Å². The number of halogens is 1. The Morgan fingerprint density at radius 1 is 1.20 bits per heavy atom. The first-order valence-corrected chi connectivity index (χ1v) is 7.20. The number of hydrogen-bond donors (Lipinski definition) is 2. The molecule has 0 aliphatic heterocycles. The van der Waals surface area contributed by atoms with Gasteiger partial charge in [-0.1, -0.05) is 11.6 Å². The summed E-state index contributed by atoms with van der Waals surface area (Å²) in [6.07, 6.45) is 2.57. The highest BCUT2D eigenvalue weighted by Crippen LogP contribution is 2.13. The van der Waals surface area contributed by atoms with Crippen LogP contribution in [0.2, 0.25) is 5.15 Å². The zero-order valence-electron chi connectivity index (χ0n) is 9.95. The lowest BCUT2D eigenvalue weighted by Crippen LogP contribution is -2.15. The summed E-state index contributed by atoms with van der Waals surface area (Å²) in [4.78, 5) is 19.3. The maximum absolute atomic E-state index is 11.8. The van der Waals surface area contributed by atoms with Crippen molar-refractivity contribution in [1.82, 2.24) is 9.97 Å².